The van der Waals surface area contributed by atoms with E-state index in [9.17, 15) is 4.79 Å². The van der Waals surface area contributed by atoms with Crippen LogP contribution >= 0.6 is 0 Å². The van der Waals surface area contributed by atoms with Gasteiger partial charge in [-0.1, -0.05) is 0 Å². The molecule has 102 valence electrons. The highest BCUT2D eigenvalue weighted by Crippen LogP contribution is 2.05. The molecule has 0 unspecified atom stereocenters. The van der Waals surface area contributed by atoms with E-state index in [4.69, 9.17) is 18.9 Å². The average molecular weight is 248 g/mol. The van der Waals surface area contributed by atoms with Crippen molar-refractivity contribution in [1.82, 2.24) is 0 Å². The molecule has 0 saturated heterocycles. The summed E-state index contributed by atoms with van der Waals surface area (Å²) in [4.78, 5) is 10.4. The topological polar surface area (TPSA) is 54.0 Å². The highest BCUT2D eigenvalue weighted by molar-refractivity contribution is 5.65. The molecular weight excluding hydrogens is 224 g/mol. The molecule has 0 fully saturated rings. The Labute approximate surface area is 103 Å². The molecule has 0 aromatic rings. The minimum absolute atomic E-state index is 0.121. The predicted molar refractivity (Wildman–Crippen MR) is 64.0 cm³/mol. The van der Waals surface area contributed by atoms with E-state index in [1.54, 1.807) is 0 Å². The molecule has 0 aliphatic carbocycles. The zero-order valence-electron chi connectivity index (χ0n) is 11.3. The van der Waals surface area contributed by atoms with Gasteiger partial charge < -0.3 is 18.9 Å². The monoisotopic (exact) mass is 248 g/mol. The molecule has 5 nitrogen and oxygen atoms in total. The van der Waals surface area contributed by atoms with Crippen molar-refractivity contribution in [3.63, 3.8) is 0 Å². The molecule has 0 radical (unpaired) electrons. The summed E-state index contributed by atoms with van der Waals surface area (Å²) in [5, 5.41) is 0. The third kappa shape index (κ3) is 15.4. The number of hydrogen-bond donors (Lipinski definition) is 0. The van der Waals surface area contributed by atoms with Gasteiger partial charge in [0.05, 0.1) is 38.6 Å². The van der Waals surface area contributed by atoms with E-state index >= 15 is 0 Å². The minimum Gasteiger partial charge on any atom is -0.463 e. The number of rotatable bonds is 9. The molecule has 0 N–H and O–H groups in total. The van der Waals surface area contributed by atoms with E-state index in [1.807, 2.05) is 20.8 Å². The summed E-state index contributed by atoms with van der Waals surface area (Å²) in [6.07, 6.45) is 0. The number of esters is 1. The van der Waals surface area contributed by atoms with Crippen LogP contribution in [0.5, 0.6) is 0 Å². The Hall–Kier alpha value is -0.650. The van der Waals surface area contributed by atoms with Crippen LogP contribution < -0.4 is 0 Å². The van der Waals surface area contributed by atoms with Crippen LogP contribution in [0.3, 0.4) is 0 Å². The molecule has 0 aliphatic rings. The zero-order valence-corrected chi connectivity index (χ0v) is 11.3. The van der Waals surface area contributed by atoms with Crippen LogP contribution in [0.15, 0.2) is 0 Å². The molecule has 0 aliphatic heterocycles. The van der Waals surface area contributed by atoms with Crippen molar-refractivity contribution in [2.24, 2.45) is 0 Å². The molecule has 0 rings (SSSR count). The predicted octanol–water partition coefficient (Wildman–Crippen LogP) is 1.40. The molecule has 5 heteroatoms. The zero-order chi connectivity index (χ0) is 13.1. The van der Waals surface area contributed by atoms with Gasteiger partial charge in [0.1, 0.15) is 6.61 Å². The molecule has 0 bridgehead atoms. The van der Waals surface area contributed by atoms with Gasteiger partial charge in [-0.15, -0.1) is 0 Å². The second-order valence-corrected chi connectivity index (χ2v) is 4.53. The highest BCUT2D eigenvalue weighted by atomic mass is 16.6. The van der Waals surface area contributed by atoms with Gasteiger partial charge >= 0.3 is 5.97 Å². The van der Waals surface area contributed by atoms with E-state index in [-0.39, 0.29) is 11.6 Å². The first-order chi connectivity index (χ1) is 7.92. The van der Waals surface area contributed by atoms with E-state index in [0.29, 0.717) is 39.6 Å². The Morgan fingerprint density at radius 1 is 0.882 bits per heavy atom. The summed E-state index contributed by atoms with van der Waals surface area (Å²) in [5.41, 5.74) is -0.121. The maximum absolute atomic E-state index is 10.4. The van der Waals surface area contributed by atoms with Crippen molar-refractivity contribution in [2.75, 3.05) is 39.6 Å². The number of carbonyl (C=O) groups is 1. The SMILES string of the molecule is CC(=O)OCCOCCOCCOC(C)(C)C. The first kappa shape index (κ1) is 16.4. The van der Waals surface area contributed by atoms with Gasteiger partial charge in [-0.25, -0.2) is 0 Å². The van der Waals surface area contributed by atoms with Crippen molar-refractivity contribution < 1.29 is 23.7 Å². The van der Waals surface area contributed by atoms with Gasteiger partial charge in [-0.2, -0.15) is 0 Å². The molecule has 0 spiro atoms. The van der Waals surface area contributed by atoms with Crippen molar-refractivity contribution in [2.45, 2.75) is 33.3 Å². The van der Waals surface area contributed by atoms with Crippen molar-refractivity contribution >= 4 is 5.97 Å². The third-order valence-corrected chi connectivity index (χ3v) is 1.67. The van der Waals surface area contributed by atoms with E-state index in [2.05, 4.69) is 0 Å². The van der Waals surface area contributed by atoms with Crippen LogP contribution in [0, 0.1) is 0 Å². The summed E-state index contributed by atoms with van der Waals surface area (Å²) >= 11 is 0. The quantitative estimate of drug-likeness (QED) is 0.456. The molecule has 17 heavy (non-hydrogen) atoms. The summed E-state index contributed by atoms with van der Waals surface area (Å²) < 4.78 is 20.7. The van der Waals surface area contributed by atoms with E-state index < -0.39 is 0 Å². The Kier molecular flexibility index (Phi) is 9.03. The molecule has 0 amide bonds. The first-order valence-electron chi connectivity index (χ1n) is 5.84. The summed E-state index contributed by atoms with van der Waals surface area (Å²) in [6.45, 7) is 10.2. The van der Waals surface area contributed by atoms with Gasteiger partial charge in [0.25, 0.3) is 0 Å². The molecule has 0 heterocycles. The summed E-state index contributed by atoms with van der Waals surface area (Å²) in [5.74, 6) is -0.288. The average Bonchev–Trinajstić information content (AvgIpc) is 2.18. The van der Waals surface area contributed by atoms with Crippen LogP contribution in [0.2, 0.25) is 0 Å². The van der Waals surface area contributed by atoms with E-state index in [0.717, 1.165) is 0 Å². The fourth-order valence-electron chi connectivity index (χ4n) is 0.973. The first-order valence-corrected chi connectivity index (χ1v) is 5.84. The van der Waals surface area contributed by atoms with Crippen molar-refractivity contribution in [1.29, 1.82) is 0 Å². The maximum Gasteiger partial charge on any atom is 0.302 e. The normalized spacial score (nSPS) is 11.5. The number of carbonyl (C=O) groups excluding carboxylic acids is 1. The van der Waals surface area contributed by atoms with Crippen LogP contribution in [-0.4, -0.2) is 51.2 Å². The highest BCUT2D eigenvalue weighted by Gasteiger charge is 2.08. The summed E-state index contributed by atoms with van der Waals surface area (Å²) in [6, 6.07) is 0. The van der Waals surface area contributed by atoms with Gasteiger partial charge in [-0.3, -0.25) is 4.79 Å². The van der Waals surface area contributed by atoms with Gasteiger partial charge in [0.2, 0.25) is 0 Å². The van der Waals surface area contributed by atoms with Gasteiger partial charge in [0, 0.05) is 6.92 Å². The Morgan fingerprint density at radius 2 is 1.35 bits per heavy atom. The lowest BCUT2D eigenvalue weighted by Crippen LogP contribution is -2.22. The molecule has 0 aromatic carbocycles. The molecular formula is C12H24O5. The number of ether oxygens (including phenoxy) is 4. The third-order valence-electron chi connectivity index (χ3n) is 1.67. The second-order valence-electron chi connectivity index (χ2n) is 4.53. The molecule has 0 atom stereocenters. The largest absolute Gasteiger partial charge is 0.463 e. The standard InChI is InChI=1S/C12H24O5/c1-11(13)16-9-7-14-5-6-15-8-10-17-12(2,3)4/h5-10H2,1-4H3. The Morgan fingerprint density at radius 3 is 1.82 bits per heavy atom. The van der Waals surface area contributed by atoms with Gasteiger partial charge in [-0.05, 0) is 20.8 Å². The van der Waals surface area contributed by atoms with Crippen LogP contribution in [-0.2, 0) is 23.7 Å². The lowest BCUT2D eigenvalue weighted by atomic mass is 10.2. The van der Waals surface area contributed by atoms with Crippen molar-refractivity contribution in [3.05, 3.63) is 0 Å². The van der Waals surface area contributed by atoms with Crippen LogP contribution in [0.1, 0.15) is 27.7 Å². The Bertz CT molecular complexity index is 198. The smallest absolute Gasteiger partial charge is 0.302 e. The van der Waals surface area contributed by atoms with Crippen LogP contribution in [0.4, 0.5) is 0 Å². The van der Waals surface area contributed by atoms with Crippen LogP contribution in [0.25, 0.3) is 0 Å². The van der Waals surface area contributed by atoms with Crippen molar-refractivity contribution in [3.8, 4) is 0 Å². The molecule has 0 saturated carbocycles. The lowest BCUT2D eigenvalue weighted by molar-refractivity contribution is -0.142. The fraction of sp³-hybridized carbons (Fsp3) is 0.917. The summed E-state index contributed by atoms with van der Waals surface area (Å²) in [7, 11) is 0. The van der Waals surface area contributed by atoms with E-state index in [1.165, 1.54) is 6.92 Å². The Balaban J connectivity index is 3.06. The van der Waals surface area contributed by atoms with Gasteiger partial charge in [0.15, 0.2) is 0 Å². The fourth-order valence-corrected chi connectivity index (χ4v) is 0.973. The lowest BCUT2D eigenvalue weighted by Gasteiger charge is -2.19. The second kappa shape index (κ2) is 9.39. The minimum atomic E-state index is -0.288. The maximum atomic E-state index is 10.4. The molecule has 0 aromatic heterocycles. The number of hydrogen-bond acceptors (Lipinski definition) is 5.